The van der Waals surface area contributed by atoms with Crippen LogP contribution in [0.4, 0.5) is 0 Å². The fourth-order valence-electron chi connectivity index (χ4n) is 2.45. The van der Waals surface area contributed by atoms with Crippen molar-refractivity contribution in [2.24, 2.45) is 0 Å². The molecule has 0 radical (unpaired) electrons. The van der Waals surface area contributed by atoms with E-state index in [-0.39, 0.29) is 30.9 Å². The summed E-state index contributed by atoms with van der Waals surface area (Å²) in [4.78, 5) is 27.1. The predicted octanol–water partition coefficient (Wildman–Crippen LogP) is -0.571. The number of carbonyl (C=O) groups excluding carboxylic acids is 2. The molecule has 2 rings (SSSR count). The second-order valence-corrected chi connectivity index (χ2v) is 4.46. The zero-order chi connectivity index (χ0) is 11.5. The molecule has 0 aromatic heterocycles. The predicted molar refractivity (Wildman–Crippen MR) is 59.9 cm³/mol. The Kier molecular flexibility index (Phi) is 3.43. The van der Waals surface area contributed by atoms with Crippen LogP contribution in [0.15, 0.2) is 0 Å². The molecule has 2 saturated heterocycles. The van der Waals surface area contributed by atoms with E-state index in [1.165, 1.54) is 0 Å². The highest BCUT2D eigenvalue weighted by Gasteiger charge is 2.31. The summed E-state index contributed by atoms with van der Waals surface area (Å²) in [7, 11) is 0. The summed E-state index contributed by atoms with van der Waals surface area (Å²) < 4.78 is 0. The quantitative estimate of drug-likeness (QED) is 0.684. The fraction of sp³-hybridized carbons (Fsp3) is 0.818. The van der Waals surface area contributed by atoms with Gasteiger partial charge in [0.2, 0.25) is 11.8 Å². The number of piperazine rings is 1. The van der Waals surface area contributed by atoms with Crippen molar-refractivity contribution < 1.29 is 9.59 Å². The van der Waals surface area contributed by atoms with E-state index in [0.717, 1.165) is 32.5 Å². The third kappa shape index (κ3) is 2.35. The molecule has 16 heavy (non-hydrogen) atoms. The molecule has 5 heteroatoms. The number of nitrogens with one attached hydrogen (secondary N) is 1. The number of rotatable bonds is 2. The van der Waals surface area contributed by atoms with Crippen LogP contribution in [0.5, 0.6) is 0 Å². The molecule has 0 bridgehead atoms. The number of hydrogen-bond acceptors (Lipinski definition) is 3. The zero-order valence-corrected chi connectivity index (χ0v) is 9.74. The van der Waals surface area contributed by atoms with Crippen molar-refractivity contribution in [2.75, 3.05) is 32.7 Å². The topological polar surface area (TPSA) is 52.6 Å². The number of amides is 2. The molecule has 90 valence electrons. The highest BCUT2D eigenvalue weighted by molar-refractivity contribution is 5.92. The zero-order valence-electron chi connectivity index (χ0n) is 9.74. The molecule has 2 aliphatic rings. The van der Waals surface area contributed by atoms with Gasteiger partial charge in [0.1, 0.15) is 0 Å². The van der Waals surface area contributed by atoms with Gasteiger partial charge < -0.3 is 15.1 Å². The molecule has 0 saturated carbocycles. The number of carbonyl (C=O) groups is 2. The van der Waals surface area contributed by atoms with Crippen LogP contribution < -0.4 is 5.32 Å². The van der Waals surface area contributed by atoms with E-state index in [1.54, 1.807) is 4.90 Å². The molecule has 2 aliphatic heterocycles. The average molecular weight is 225 g/mol. The molecule has 0 unspecified atom stereocenters. The van der Waals surface area contributed by atoms with Crippen LogP contribution >= 0.6 is 0 Å². The monoisotopic (exact) mass is 225 g/mol. The standard InChI is InChI=1S/C11H19N3O2/c1-2-13-5-3-9(4-6-13)14-8-10(15)12-7-11(14)16/h9H,2-8H2,1H3,(H,12,15). The normalized spacial score (nSPS) is 24.7. The molecule has 0 aromatic rings. The van der Waals surface area contributed by atoms with Crippen molar-refractivity contribution in [3.63, 3.8) is 0 Å². The Morgan fingerprint density at radius 2 is 2.00 bits per heavy atom. The summed E-state index contributed by atoms with van der Waals surface area (Å²) in [6.45, 7) is 5.71. The molecular weight excluding hydrogens is 206 g/mol. The van der Waals surface area contributed by atoms with Crippen LogP contribution in [0.3, 0.4) is 0 Å². The molecule has 2 heterocycles. The number of likely N-dealkylation sites (tertiary alicyclic amines) is 1. The highest BCUT2D eigenvalue weighted by atomic mass is 16.2. The van der Waals surface area contributed by atoms with Gasteiger partial charge in [-0.05, 0) is 19.4 Å². The molecule has 0 atom stereocenters. The summed E-state index contributed by atoms with van der Waals surface area (Å²) in [5, 5.41) is 2.58. The fourth-order valence-corrected chi connectivity index (χ4v) is 2.45. The van der Waals surface area contributed by atoms with Crippen LogP contribution in [0.25, 0.3) is 0 Å². The lowest BCUT2D eigenvalue weighted by Gasteiger charge is -2.39. The van der Waals surface area contributed by atoms with E-state index >= 15 is 0 Å². The van der Waals surface area contributed by atoms with E-state index < -0.39 is 0 Å². The van der Waals surface area contributed by atoms with Crippen LogP contribution in [0.2, 0.25) is 0 Å². The Bertz CT molecular complexity index is 285. The number of nitrogens with zero attached hydrogens (tertiary/aromatic N) is 2. The Morgan fingerprint density at radius 1 is 1.31 bits per heavy atom. The van der Waals surface area contributed by atoms with Crippen LogP contribution in [-0.2, 0) is 9.59 Å². The molecule has 0 aromatic carbocycles. The largest absolute Gasteiger partial charge is 0.345 e. The third-order valence-corrected chi connectivity index (χ3v) is 3.52. The van der Waals surface area contributed by atoms with Crippen molar-refractivity contribution in [3.8, 4) is 0 Å². The van der Waals surface area contributed by atoms with Crippen molar-refractivity contribution >= 4 is 11.8 Å². The van der Waals surface area contributed by atoms with E-state index in [1.807, 2.05) is 0 Å². The lowest BCUT2D eigenvalue weighted by molar-refractivity contribution is -0.143. The second-order valence-electron chi connectivity index (χ2n) is 4.46. The van der Waals surface area contributed by atoms with E-state index in [9.17, 15) is 9.59 Å². The minimum atomic E-state index is -0.0301. The van der Waals surface area contributed by atoms with Gasteiger partial charge in [0.15, 0.2) is 0 Å². The maximum Gasteiger partial charge on any atom is 0.242 e. The average Bonchev–Trinajstić information content (AvgIpc) is 2.32. The molecule has 2 fully saturated rings. The summed E-state index contributed by atoms with van der Waals surface area (Å²) in [5.41, 5.74) is 0. The number of piperidine rings is 1. The van der Waals surface area contributed by atoms with Gasteiger partial charge in [-0.25, -0.2) is 0 Å². The van der Waals surface area contributed by atoms with E-state index in [0.29, 0.717) is 0 Å². The van der Waals surface area contributed by atoms with Gasteiger partial charge in [0.05, 0.1) is 13.1 Å². The van der Waals surface area contributed by atoms with Gasteiger partial charge in [0, 0.05) is 19.1 Å². The van der Waals surface area contributed by atoms with Crippen molar-refractivity contribution in [3.05, 3.63) is 0 Å². The van der Waals surface area contributed by atoms with E-state index in [2.05, 4.69) is 17.1 Å². The first-order chi connectivity index (χ1) is 7.70. The second kappa shape index (κ2) is 4.82. The summed E-state index contributed by atoms with van der Waals surface area (Å²) in [6.07, 6.45) is 1.99. The SMILES string of the molecule is CCN1CCC(N2CC(=O)NCC2=O)CC1. The van der Waals surface area contributed by atoms with Crippen molar-refractivity contribution in [1.29, 1.82) is 0 Å². The Hall–Kier alpha value is -1.10. The maximum atomic E-state index is 11.7. The first-order valence-corrected chi connectivity index (χ1v) is 5.99. The smallest absolute Gasteiger partial charge is 0.242 e. The Morgan fingerprint density at radius 3 is 2.62 bits per heavy atom. The first-order valence-electron chi connectivity index (χ1n) is 5.99. The first kappa shape index (κ1) is 11.4. The molecule has 0 aliphatic carbocycles. The van der Waals surface area contributed by atoms with Gasteiger partial charge in [-0.15, -0.1) is 0 Å². The summed E-state index contributed by atoms with van der Waals surface area (Å²) in [5.74, 6) is 0.0343. The minimum absolute atomic E-state index is 0.0301. The highest BCUT2D eigenvalue weighted by Crippen LogP contribution is 2.17. The molecular formula is C11H19N3O2. The van der Waals surface area contributed by atoms with Gasteiger partial charge in [-0.3, -0.25) is 9.59 Å². The number of hydrogen-bond donors (Lipinski definition) is 1. The van der Waals surface area contributed by atoms with E-state index in [4.69, 9.17) is 0 Å². The van der Waals surface area contributed by atoms with Gasteiger partial charge in [0.25, 0.3) is 0 Å². The van der Waals surface area contributed by atoms with Crippen molar-refractivity contribution in [2.45, 2.75) is 25.8 Å². The van der Waals surface area contributed by atoms with Gasteiger partial charge >= 0.3 is 0 Å². The van der Waals surface area contributed by atoms with Crippen LogP contribution in [-0.4, -0.2) is 60.4 Å². The molecule has 0 spiro atoms. The molecule has 5 nitrogen and oxygen atoms in total. The lowest BCUT2D eigenvalue weighted by atomic mass is 10.0. The van der Waals surface area contributed by atoms with Crippen LogP contribution in [0.1, 0.15) is 19.8 Å². The minimum Gasteiger partial charge on any atom is -0.345 e. The lowest BCUT2D eigenvalue weighted by Crippen LogP contribution is -2.57. The molecule has 2 amide bonds. The van der Waals surface area contributed by atoms with Crippen LogP contribution in [0, 0.1) is 0 Å². The van der Waals surface area contributed by atoms with Gasteiger partial charge in [-0.1, -0.05) is 6.92 Å². The van der Waals surface area contributed by atoms with Gasteiger partial charge in [-0.2, -0.15) is 0 Å². The summed E-state index contributed by atoms with van der Waals surface area (Å²) >= 11 is 0. The Labute approximate surface area is 95.8 Å². The van der Waals surface area contributed by atoms with Crippen molar-refractivity contribution in [1.82, 2.24) is 15.1 Å². The Balaban J connectivity index is 1.92. The molecule has 1 N–H and O–H groups in total. The maximum absolute atomic E-state index is 11.7. The third-order valence-electron chi connectivity index (χ3n) is 3.52. The summed E-state index contributed by atoms with van der Waals surface area (Å²) in [6, 6.07) is 0.265.